The molecule has 1 amide bonds. The fourth-order valence-electron chi connectivity index (χ4n) is 3.25. The van der Waals surface area contributed by atoms with E-state index in [9.17, 15) is 23.3 Å². The number of aryl methyl sites for hydroxylation is 1. The van der Waals surface area contributed by atoms with Crippen molar-refractivity contribution in [1.29, 1.82) is 0 Å². The molecule has 1 fully saturated rings. The average molecular weight is 433 g/mol. The lowest BCUT2D eigenvalue weighted by Gasteiger charge is -2.19. The van der Waals surface area contributed by atoms with Crippen LogP contribution in [0.3, 0.4) is 0 Å². The van der Waals surface area contributed by atoms with Gasteiger partial charge in [0.2, 0.25) is 10.0 Å². The Hall–Kier alpha value is -2.98. The van der Waals surface area contributed by atoms with E-state index in [1.54, 1.807) is 13.8 Å². The SMILES string of the molecule is CCOc1ccc(C(=O)Nc2cc([N+](=O)[O-])ccc2C)cc1S(=O)(=O)N1CCCC1. The van der Waals surface area contributed by atoms with Gasteiger partial charge in [0.15, 0.2) is 0 Å². The molecule has 10 heteroatoms. The summed E-state index contributed by atoms with van der Waals surface area (Å²) in [4.78, 5) is 23.2. The highest BCUT2D eigenvalue weighted by Crippen LogP contribution is 2.31. The first kappa shape index (κ1) is 21.7. The first-order valence-corrected chi connectivity index (χ1v) is 11.0. The highest BCUT2D eigenvalue weighted by atomic mass is 32.2. The molecule has 30 heavy (non-hydrogen) atoms. The number of sulfonamides is 1. The van der Waals surface area contributed by atoms with Crippen LogP contribution in [0.5, 0.6) is 5.75 Å². The Morgan fingerprint density at radius 1 is 1.20 bits per heavy atom. The van der Waals surface area contributed by atoms with E-state index in [1.807, 2.05) is 0 Å². The quantitative estimate of drug-likeness (QED) is 0.528. The van der Waals surface area contributed by atoms with Crippen LogP contribution in [0.25, 0.3) is 0 Å². The Balaban J connectivity index is 1.96. The summed E-state index contributed by atoms with van der Waals surface area (Å²) in [5.74, 6) is -0.382. The van der Waals surface area contributed by atoms with Gasteiger partial charge < -0.3 is 10.1 Å². The summed E-state index contributed by atoms with van der Waals surface area (Å²) in [5.41, 5.74) is 0.888. The number of carbonyl (C=O) groups is 1. The molecule has 0 aromatic heterocycles. The number of non-ortho nitro benzene ring substituents is 1. The maximum atomic E-state index is 13.1. The zero-order valence-electron chi connectivity index (χ0n) is 16.8. The molecule has 0 radical (unpaired) electrons. The summed E-state index contributed by atoms with van der Waals surface area (Å²) in [6, 6.07) is 8.37. The molecular weight excluding hydrogens is 410 g/mol. The fraction of sp³-hybridized carbons (Fsp3) is 0.350. The summed E-state index contributed by atoms with van der Waals surface area (Å²) in [7, 11) is -3.81. The van der Waals surface area contributed by atoms with Gasteiger partial charge in [-0.2, -0.15) is 4.31 Å². The Morgan fingerprint density at radius 2 is 1.90 bits per heavy atom. The predicted octanol–water partition coefficient (Wildman–Crippen LogP) is 3.34. The van der Waals surface area contributed by atoms with Crippen molar-refractivity contribution in [2.75, 3.05) is 25.0 Å². The molecule has 0 saturated carbocycles. The lowest BCUT2D eigenvalue weighted by Crippen LogP contribution is -2.28. The molecule has 1 N–H and O–H groups in total. The molecule has 0 bridgehead atoms. The molecule has 0 atom stereocenters. The zero-order valence-corrected chi connectivity index (χ0v) is 17.6. The summed E-state index contributed by atoms with van der Waals surface area (Å²) >= 11 is 0. The number of hydrogen-bond donors (Lipinski definition) is 1. The van der Waals surface area contributed by atoms with E-state index in [4.69, 9.17) is 4.74 Å². The number of anilines is 1. The first-order chi connectivity index (χ1) is 14.2. The van der Waals surface area contributed by atoms with Crippen LogP contribution in [0.1, 0.15) is 35.7 Å². The number of carbonyl (C=O) groups excluding carboxylic acids is 1. The van der Waals surface area contributed by atoms with Gasteiger partial charge in [0, 0.05) is 30.8 Å². The second-order valence-electron chi connectivity index (χ2n) is 6.92. The third-order valence-electron chi connectivity index (χ3n) is 4.87. The number of hydrogen-bond acceptors (Lipinski definition) is 6. The molecule has 2 aromatic rings. The van der Waals surface area contributed by atoms with Gasteiger partial charge in [-0.05, 0) is 50.5 Å². The molecule has 1 aliphatic rings. The van der Waals surface area contributed by atoms with Gasteiger partial charge in [0.25, 0.3) is 11.6 Å². The highest BCUT2D eigenvalue weighted by molar-refractivity contribution is 7.89. The molecule has 9 nitrogen and oxygen atoms in total. The number of benzene rings is 2. The lowest BCUT2D eigenvalue weighted by atomic mass is 10.1. The van der Waals surface area contributed by atoms with Crippen LogP contribution in [0.4, 0.5) is 11.4 Å². The smallest absolute Gasteiger partial charge is 0.271 e. The third-order valence-corrected chi connectivity index (χ3v) is 6.79. The number of nitrogens with zero attached hydrogens (tertiary/aromatic N) is 2. The van der Waals surface area contributed by atoms with Gasteiger partial charge >= 0.3 is 0 Å². The minimum Gasteiger partial charge on any atom is -0.492 e. The summed E-state index contributed by atoms with van der Waals surface area (Å²) in [6.45, 7) is 4.59. The molecule has 1 aliphatic heterocycles. The van der Waals surface area contributed by atoms with Crippen molar-refractivity contribution in [1.82, 2.24) is 4.31 Å². The predicted molar refractivity (Wildman–Crippen MR) is 111 cm³/mol. The minimum atomic E-state index is -3.81. The van der Waals surface area contributed by atoms with E-state index in [2.05, 4.69) is 5.32 Å². The monoisotopic (exact) mass is 433 g/mol. The summed E-state index contributed by atoms with van der Waals surface area (Å²) in [6.07, 6.45) is 1.57. The molecule has 1 heterocycles. The van der Waals surface area contributed by atoms with Crippen LogP contribution in [-0.4, -0.2) is 43.2 Å². The number of amides is 1. The minimum absolute atomic E-state index is 0.0605. The van der Waals surface area contributed by atoms with Gasteiger partial charge in [-0.3, -0.25) is 14.9 Å². The molecule has 1 saturated heterocycles. The van der Waals surface area contributed by atoms with Crippen LogP contribution in [-0.2, 0) is 10.0 Å². The van der Waals surface area contributed by atoms with Gasteiger partial charge in [0.1, 0.15) is 10.6 Å². The van der Waals surface area contributed by atoms with E-state index < -0.39 is 20.9 Å². The molecule has 160 valence electrons. The fourth-order valence-corrected chi connectivity index (χ4v) is 4.92. The molecule has 0 aliphatic carbocycles. The Bertz CT molecular complexity index is 1080. The second kappa shape index (κ2) is 8.80. The number of nitrogens with one attached hydrogen (secondary N) is 1. The highest BCUT2D eigenvalue weighted by Gasteiger charge is 2.31. The van der Waals surface area contributed by atoms with Crippen LogP contribution < -0.4 is 10.1 Å². The van der Waals surface area contributed by atoms with Crippen molar-refractivity contribution >= 4 is 27.3 Å². The van der Waals surface area contributed by atoms with E-state index >= 15 is 0 Å². The van der Waals surface area contributed by atoms with Crippen molar-refractivity contribution < 1.29 is 22.9 Å². The maximum absolute atomic E-state index is 13.1. The molecule has 0 unspecified atom stereocenters. The lowest BCUT2D eigenvalue weighted by molar-refractivity contribution is -0.384. The molecular formula is C20H23N3O6S. The van der Waals surface area contributed by atoms with Crippen molar-refractivity contribution in [3.05, 3.63) is 57.6 Å². The number of nitro groups is 1. The van der Waals surface area contributed by atoms with Crippen LogP contribution in [0.2, 0.25) is 0 Å². The van der Waals surface area contributed by atoms with Gasteiger partial charge in [0.05, 0.1) is 17.2 Å². The van der Waals surface area contributed by atoms with Gasteiger partial charge in [-0.15, -0.1) is 0 Å². The molecule has 2 aromatic carbocycles. The topological polar surface area (TPSA) is 119 Å². The van der Waals surface area contributed by atoms with E-state index in [0.717, 1.165) is 12.8 Å². The van der Waals surface area contributed by atoms with Crippen LogP contribution in [0.15, 0.2) is 41.3 Å². The standard InChI is InChI=1S/C20H23N3O6S/c1-3-29-18-9-7-15(12-19(18)30(27,28)22-10-4-5-11-22)20(24)21-17-13-16(23(25)26)8-6-14(17)2/h6-9,12-13H,3-5,10-11H2,1-2H3,(H,21,24). The number of nitro benzene ring substituents is 1. The van der Waals surface area contributed by atoms with E-state index in [0.29, 0.717) is 18.7 Å². The van der Waals surface area contributed by atoms with Gasteiger partial charge in [-0.1, -0.05) is 6.07 Å². The summed E-state index contributed by atoms with van der Waals surface area (Å²) < 4.78 is 33.0. The Labute approximate surface area is 174 Å². The Morgan fingerprint density at radius 3 is 2.53 bits per heavy atom. The zero-order chi connectivity index (χ0) is 21.9. The first-order valence-electron chi connectivity index (χ1n) is 9.57. The van der Waals surface area contributed by atoms with E-state index in [-0.39, 0.29) is 34.2 Å². The Kier molecular flexibility index (Phi) is 6.37. The molecule has 0 spiro atoms. The van der Waals surface area contributed by atoms with Crippen molar-refractivity contribution in [3.63, 3.8) is 0 Å². The third kappa shape index (κ3) is 4.44. The van der Waals surface area contributed by atoms with Gasteiger partial charge in [-0.25, -0.2) is 8.42 Å². The normalized spacial score (nSPS) is 14.5. The average Bonchev–Trinajstić information content (AvgIpc) is 3.25. The molecule has 3 rings (SSSR count). The van der Waals surface area contributed by atoms with Crippen molar-refractivity contribution in [2.24, 2.45) is 0 Å². The van der Waals surface area contributed by atoms with Crippen LogP contribution >= 0.6 is 0 Å². The largest absolute Gasteiger partial charge is 0.492 e. The van der Waals surface area contributed by atoms with Crippen LogP contribution in [0, 0.1) is 17.0 Å². The number of rotatable bonds is 7. The number of ether oxygens (including phenoxy) is 1. The maximum Gasteiger partial charge on any atom is 0.271 e. The van der Waals surface area contributed by atoms with Crippen molar-refractivity contribution in [2.45, 2.75) is 31.6 Å². The van der Waals surface area contributed by atoms with E-state index in [1.165, 1.54) is 40.7 Å². The van der Waals surface area contributed by atoms with Crippen molar-refractivity contribution in [3.8, 4) is 5.75 Å². The summed E-state index contributed by atoms with van der Waals surface area (Å²) in [5, 5.41) is 13.6. The second-order valence-corrected chi connectivity index (χ2v) is 8.82.